The lowest BCUT2D eigenvalue weighted by atomic mass is 10.0. The Morgan fingerprint density at radius 2 is 1.72 bits per heavy atom. The first-order valence-electron chi connectivity index (χ1n) is 10.0. The quantitative estimate of drug-likeness (QED) is 0.501. The van der Waals surface area contributed by atoms with Gasteiger partial charge in [0.15, 0.2) is 5.13 Å². The fourth-order valence-corrected chi connectivity index (χ4v) is 5.17. The van der Waals surface area contributed by atoms with Crippen LogP contribution in [0.1, 0.15) is 11.1 Å². The number of nitrogens with zero attached hydrogens (tertiary/aromatic N) is 3. The van der Waals surface area contributed by atoms with Gasteiger partial charge in [0.2, 0.25) is 5.91 Å². The molecular weight excluding hydrogens is 378 g/mol. The number of rotatable bonds is 3. The predicted molar refractivity (Wildman–Crippen MR) is 121 cm³/mol. The Kier molecular flexibility index (Phi) is 4.68. The summed E-state index contributed by atoms with van der Waals surface area (Å²) in [5.74, 6) is 0.209. The lowest BCUT2D eigenvalue weighted by Gasteiger charge is -2.34. The molecule has 1 aliphatic heterocycles. The number of fused-ring (bicyclic) bond motifs is 2. The highest BCUT2D eigenvalue weighted by atomic mass is 32.1. The number of hydrogen-bond donors (Lipinski definition) is 0. The Morgan fingerprint density at radius 1 is 0.966 bits per heavy atom. The molecule has 0 radical (unpaired) electrons. The minimum absolute atomic E-state index is 0.209. The van der Waals surface area contributed by atoms with Crippen LogP contribution in [0.3, 0.4) is 0 Å². The Morgan fingerprint density at radius 3 is 2.55 bits per heavy atom. The van der Waals surface area contributed by atoms with E-state index < -0.39 is 0 Å². The van der Waals surface area contributed by atoms with Crippen LogP contribution in [0, 0.1) is 6.92 Å². The monoisotopic (exact) mass is 401 g/mol. The fourth-order valence-electron chi connectivity index (χ4n) is 4.08. The highest BCUT2D eigenvalue weighted by Gasteiger charge is 2.23. The average molecular weight is 402 g/mol. The molecule has 1 aromatic heterocycles. The van der Waals surface area contributed by atoms with Gasteiger partial charge in [-0.3, -0.25) is 4.79 Å². The number of benzene rings is 3. The number of aryl methyl sites for hydroxylation is 1. The van der Waals surface area contributed by atoms with Crippen LogP contribution in [0.2, 0.25) is 0 Å². The average Bonchev–Trinajstić information content (AvgIpc) is 3.20. The van der Waals surface area contributed by atoms with Crippen molar-refractivity contribution in [2.45, 2.75) is 13.3 Å². The van der Waals surface area contributed by atoms with Crippen molar-refractivity contribution < 1.29 is 4.79 Å². The molecule has 5 heteroatoms. The second-order valence-electron chi connectivity index (χ2n) is 7.60. The lowest BCUT2D eigenvalue weighted by molar-refractivity contribution is -0.130. The van der Waals surface area contributed by atoms with E-state index in [9.17, 15) is 4.79 Å². The Balaban J connectivity index is 1.27. The number of aromatic nitrogens is 1. The van der Waals surface area contributed by atoms with E-state index in [0.717, 1.165) is 42.4 Å². The van der Waals surface area contributed by atoms with Crippen molar-refractivity contribution in [2.75, 3.05) is 31.1 Å². The summed E-state index contributed by atoms with van der Waals surface area (Å²) in [7, 11) is 0. The number of carbonyl (C=O) groups is 1. The van der Waals surface area contributed by atoms with Gasteiger partial charge in [0.05, 0.1) is 16.6 Å². The van der Waals surface area contributed by atoms with Crippen molar-refractivity contribution in [1.29, 1.82) is 0 Å². The molecule has 4 aromatic rings. The van der Waals surface area contributed by atoms with E-state index in [0.29, 0.717) is 6.42 Å². The normalized spacial score (nSPS) is 14.7. The largest absolute Gasteiger partial charge is 0.345 e. The van der Waals surface area contributed by atoms with Crippen LogP contribution in [-0.2, 0) is 11.2 Å². The summed E-state index contributed by atoms with van der Waals surface area (Å²) in [5, 5.41) is 3.43. The Hall–Kier alpha value is -2.92. The lowest BCUT2D eigenvalue weighted by Crippen LogP contribution is -2.49. The van der Waals surface area contributed by atoms with E-state index >= 15 is 0 Å². The van der Waals surface area contributed by atoms with Crippen molar-refractivity contribution >= 4 is 43.4 Å². The third kappa shape index (κ3) is 3.47. The van der Waals surface area contributed by atoms with Gasteiger partial charge < -0.3 is 9.80 Å². The zero-order valence-electron chi connectivity index (χ0n) is 16.5. The number of piperazine rings is 1. The standard InChI is InChI=1S/C24H23N3OS/c1-17-6-4-11-21-23(17)25-24(29-21)27-14-12-26(13-15-27)22(28)16-19-9-5-8-18-7-2-3-10-20(18)19/h2-11H,12-16H2,1H3. The highest BCUT2D eigenvalue weighted by molar-refractivity contribution is 7.22. The SMILES string of the molecule is Cc1cccc2sc(N3CCN(C(=O)Cc4cccc5ccccc45)CC3)nc12. The second kappa shape index (κ2) is 7.48. The third-order valence-electron chi connectivity index (χ3n) is 5.73. The molecule has 1 fully saturated rings. The number of para-hydroxylation sites is 1. The number of hydrogen-bond acceptors (Lipinski definition) is 4. The molecule has 146 valence electrons. The van der Waals surface area contributed by atoms with Gasteiger partial charge in [-0.05, 0) is 34.9 Å². The molecule has 0 atom stereocenters. The van der Waals surface area contributed by atoms with Crippen LogP contribution in [0.15, 0.2) is 60.7 Å². The van der Waals surface area contributed by atoms with Crippen molar-refractivity contribution in [2.24, 2.45) is 0 Å². The molecule has 0 aliphatic carbocycles. The molecule has 2 heterocycles. The number of amides is 1. The van der Waals surface area contributed by atoms with Gasteiger partial charge in [-0.25, -0.2) is 4.98 Å². The van der Waals surface area contributed by atoms with Crippen LogP contribution in [0.4, 0.5) is 5.13 Å². The van der Waals surface area contributed by atoms with Gasteiger partial charge in [0, 0.05) is 26.2 Å². The maximum Gasteiger partial charge on any atom is 0.227 e. The molecule has 5 rings (SSSR count). The summed E-state index contributed by atoms with van der Waals surface area (Å²) in [5.41, 5.74) is 3.42. The molecule has 4 nitrogen and oxygen atoms in total. The minimum Gasteiger partial charge on any atom is -0.345 e. The molecule has 1 saturated heterocycles. The van der Waals surface area contributed by atoms with Gasteiger partial charge in [-0.1, -0.05) is 65.9 Å². The highest BCUT2D eigenvalue weighted by Crippen LogP contribution is 2.31. The minimum atomic E-state index is 0.209. The summed E-state index contributed by atoms with van der Waals surface area (Å²) < 4.78 is 1.23. The van der Waals surface area contributed by atoms with E-state index in [1.165, 1.54) is 21.0 Å². The zero-order valence-corrected chi connectivity index (χ0v) is 17.3. The van der Waals surface area contributed by atoms with Crippen LogP contribution >= 0.6 is 11.3 Å². The van der Waals surface area contributed by atoms with Crippen molar-refractivity contribution in [3.63, 3.8) is 0 Å². The van der Waals surface area contributed by atoms with E-state index in [2.05, 4.69) is 54.3 Å². The van der Waals surface area contributed by atoms with E-state index in [1.807, 2.05) is 23.1 Å². The Bertz CT molecular complexity index is 1190. The first kappa shape index (κ1) is 18.1. The molecule has 0 N–H and O–H groups in total. The van der Waals surface area contributed by atoms with Crippen molar-refractivity contribution in [3.05, 3.63) is 71.8 Å². The maximum atomic E-state index is 12.9. The van der Waals surface area contributed by atoms with Gasteiger partial charge in [-0.15, -0.1) is 0 Å². The van der Waals surface area contributed by atoms with Crippen LogP contribution < -0.4 is 4.90 Å². The fraction of sp³-hybridized carbons (Fsp3) is 0.250. The van der Waals surface area contributed by atoms with E-state index in [1.54, 1.807) is 11.3 Å². The molecular formula is C24H23N3OS. The number of thiazole rings is 1. The molecule has 0 saturated carbocycles. The topological polar surface area (TPSA) is 36.4 Å². The molecule has 0 spiro atoms. The number of anilines is 1. The summed E-state index contributed by atoms with van der Waals surface area (Å²) in [4.78, 5) is 22.1. The summed E-state index contributed by atoms with van der Waals surface area (Å²) in [6, 6.07) is 20.8. The summed E-state index contributed by atoms with van der Waals surface area (Å²) in [6.45, 7) is 5.27. The summed E-state index contributed by atoms with van der Waals surface area (Å²) in [6.07, 6.45) is 0.460. The number of carbonyl (C=O) groups excluding carboxylic acids is 1. The van der Waals surface area contributed by atoms with Crippen LogP contribution in [0.5, 0.6) is 0 Å². The third-order valence-corrected chi connectivity index (χ3v) is 6.82. The first-order valence-corrected chi connectivity index (χ1v) is 10.9. The maximum absolute atomic E-state index is 12.9. The van der Waals surface area contributed by atoms with Crippen molar-refractivity contribution in [3.8, 4) is 0 Å². The molecule has 29 heavy (non-hydrogen) atoms. The van der Waals surface area contributed by atoms with E-state index in [4.69, 9.17) is 4.98 Å². The molecule has 0 bridgehead atoms. The predicted octanol–water partition coefficient (Wildman–Crippen LogP) is 4.65. The molecule has 1 aliphatic rings. The zero-order chi connectivity index (χ0) is 19.8. The Labute approximate surface area is 174 Å². The van der Waals surface area contributed by atoms with Gasteiger partial charge >= 0.3 is 0 Å². The van der Waals surface area contributed by atoms with Crippen LogP contribution in [-0.4, -0.2) is 42.0 Å². The molecule has 3 aromatic carbocycles. The van der Waals surface area contributed by atoms with Crippen molar-refractivity contribution in [1.82, 2.24) is 9.88 Å². The van der Waals surface area contributed by atoms with Gasteiger partial charge in [0.1, 0.15) is 0 Å². The smallest absolute Gasteiger partial charge is 0.227 e. The van der Waals surface area contributed by atoms with Gasteiger partial charge in [-0.2, -0.15) is 0 Å². The molecule has 1 amide bonds. The van der Waals surface area contributed by atoms with E-state index in [-0.39, 0.29) is 5.91 Å². The van der Waals surface area contributed by atoms with Gasteiger partial charge in [0.25, 0.3) is 0 Å². The second-order valence-corrected chi connectivity index (χ2v) is 8.61. The molecule has 0 unspecified atom stereocenters. The first-order chi connectivity index (χ1) is 14.2. The van der Waals surface area contributed by atoms with Crippen LogP contribution in [0.25, 0.3) is 21.0 Å². The summed E-state index contributed by atoms with van der Waals surface area (Å²) >= 11 is 1.74.